The predicted octanol–water partition coefficient (Wildman–Crippen LogP) is 3.15. The SMILES string of the molecule is CCCC(N)Cc1cccc(Cl)c1F. The van der Waals surface area contributed by atoms with Gasteiger partial charge in [-0.1, -0.05) is 37.1 Å². The lowest BCUT2D eigenvalue weighted by atomic mass is 10.0. The van der Waals surface area contributed by atoms with Gasteiger partial charge < -0.3 is 5.73 Å². The number of halogens is 2. The molecule has 2 N–H and O–H groups in total. The standard InChI is InChI=1S/C11H15ClFN/c1-2-4-9(14)7-8-5-3-6-10(12)11(8)13/h3,5-6,9H,2,4,7,14H2,1H3. The summed E-state index contributed by atoms with van der Waals surface area (Å²) in [6.07, 6.45) is 2.48. The van der Waals surface area contributed by atoms with E-state index < -0.39 is 0 Å². The summed E-state index contributed by atoms with van der Waals surface area (Å²) in [6.45, 7) is 2.06. The monoisotopic (exact) mass is 215 g/mol. The first-order valence-corrected chi connectivity index (χ1v) is 5.21. The second-order valence-electron chi connectivity index (χ2n) is 3.47. The van der Waals surface area contributed by atoms with E-state index in [1.54, 1.807) is 18.2 Å². The summed E-state index contributed by atoms with van der Waals surface area (Å²) in [6, 6.07) is 5.05. The lowest BCUT2D eigenvalue weighted by Crippen LogP contribution is -2.22. The molecule has 78 valence electrons. The molecule has 14 heavy (non-hydrogen) atoms. The van der Waals surface area contributed by atoms with Gasteiger partial charge in [-0.3, -0.25) is 0 Å². The van der Waals surface area contributed by atoms with E-state index in [-0.39, 0.29) is 16.9 Å². The van der Waals surface area contributed by atoms with Crippen molar-refractivity contribution in [2.45, 2.75) is 32.2 Å². The third-order valence-electron chi connectivity index (χ3n) is 2.17. The molecule has 0 aliphatic heterocycles. The van der Waals surface area contributed by atoms with Gasteiger partial charge in [0.25, 0.3) is 0 Å². The molecule has 0 aliphatic rings. The molecule has 0 heterocycles. The van der Waals surface area contributed by atoms with Crippen LogP contribution in [0.4, 0.5) is 4.39 Å². The first-order chi connectivity index (χ1) is 6.65. The van der Waals surface area contributed by atoms with Crippen molar-refractivity contribution in [3.63, 3.8) is 0 Å². The quantitative estimate of drug-likeness (QED) is 0.821. The van der Waals surface area contributed by atoms with E-state index in [9.17, 15) is 4.39 Å². The van der Waals surface area contributed by atoms with E-state index in [4.69, 9.17) is 17.3 Å². The molecule has 1 aromatic carbocycles. The topological polar surface area (TPSA) is 26.0 Å². The molecule has 0 amide bonds. The van der Waals surface area contributed by atoms with Crippen molar-refractivity contribution in [1.29, 1.82) is 0 Å². The molecular weight excluding hydrogens is 201 g/mol. The fraction of sp³-hybridized carbons (Fsp3) is 0.455. The van der Waals surface area contributed by atoms with Gasteiger partial charge in [0.2, 0.25) is 0 Å². The molecule has 0 bridgehead atoms. The van der Waals surface area contributed by atoms with Gasteiger partial charge in [0.15, 0.2) is 0 Å². The van der Waals surface area contributed by atoms with Crippen LogP contribution >= 0.6 is 11.6 Å². The maximum Gasteiger partial charge on any atom is 0.145 e. The zero-order chi connectivity index (χ0) is 10.6. The van der Waals surface area contributed by atoms with Gasteiger partial charge in [-0.05, 0) is 24.5 Å². The number of nitrogens with two attached hydrogens (primary N) is 1. The van der Waals surface area contributed by atoms with Crippen LogP contribution in [0.1, 0.15) is 25.3 Å². The van der Waals surface area contributed by atoms with Gasteiger partial charge in [-0.15, -0.1) is 0 Å². The maximum atomic E-state index is 13.4. The Labute approximate surface area is 89.1 Å². The van der Waals surface area contributed by atoms with Crippen LogP contribution in [-0.2, 0) is 6.42 Å². The fourth-order valence-corrected chi connectivity index (χ4v) is 1.66. The van der Waals surface area contributed by atoms with Crippen molar-refractivity contribution < 1.29 is 4.39 Å². The highest BCUT2D eigenvalue weighted by Gasteiger charge is 2.09. The second-order valence-corrected chi connectivity index (χ2v) is 3.87. The normalized spacial score (nSPS) is 12.9. The summed E-state index contributed by atoms with van der Waals surface area (Å²) < 4.78 is 13.4. The molecule has 0 saturated heterocycles. The molecule has 0 saturated carbocycles. The van der Waals surface area contributed by atoms with E-state index in [1.807, 2.05) is 0 Å². The van der Waals surface area contributed by atoms with Crippen LogP contribution in [0.5, 0.6) is 0 Å². The van der Waals surface area contributed by atoms with Crippen LogP contribution in [0, 0.1) is 5.82 Å². The fourth-order valence-electron chi connectivity index (χ4n) is 1.46. The molecule has 1 rings (SSSR count). The largest absolute Gasteiger partial charge is 0.327 e. The van der Waals surface area contributed by atoms with Crippen LogP contribution in [0.3, 0.4) is 0 Å². The van der Waals surface area contributed by atoms with Gasteiger partial charge in [-0.25, -0.2) is 4.39 Å². The molecule has 0 fully saturated rings. The van der Waals surface area contributed by atoms with E-state index >= 15 is 0 Å². The van der Waals surface area contributed by atoms with Crippen LogP contribution in [0.15, 0.2) is 18.2 Å². The second kappa shape index (κ2) is 5.32. The minimum atomic E-state index is -0.333. The molecule has 1 unspecified atom stereocenters. The van der Waals surface area contributed by atoms with Crippen LogP contribution in [0.2, 0.25) is 5.02 Å². The van der Waals surface area contributed by atoms with E-state index in [0.717, 1.165) is 12.8 Å². The summed E-state index contributed by atoms with van der Waals surface area (Å²) in [5.41, 5.74) is 6.44. The van der Waals surface area contributed by atoms with E-state index in [0.29, 0.717) is 12.0 Å². The maximum absolute atomic E-state index is 13.4. The Hall–Kier alpha value is -0.600. The molecule has 3 heteroatoms. The average Bonchev–Trinajstić information content (AvgIpc) is 2.13. The molecule has 1 nitrogen and oxygen atoms in total. The van der Waals surface area contributed by atoms with Gasteiger partial charge in [0.1, 0.15) is 5.82 Å². The van der Waals surface area contributed by atoms with Gasteiger partial charge in [-0.2, -0.15) is 0 Å². The Bertz CT molecular complexity index is 301. The predicted molar refractivity (Wildman–Crippen MR) is 58.0 cm³/mol. The van der Waals surface area contributed by atoms with Crippen LogP contribution in [-0.4, -0.2) is 6.04 Å². The summed E-state index contributed by atoms with van der Waals surface area (Å²) in [7, 11) is 0. The van der Waals surface area contributed by atoms with E-state index in [1.165, 1.54) is 0 Å². The summed E-state index contributed by atoms with van der Waals surface area (Å²) in [5, 5.41) is 0.172. The highest BCUT2D eigenvalue weighted by atomic mass is 35.5. The number of rotatable bonds is 4. The summed E-state index contributed by atoms with van der Waals surface area (Å²) >= 11 is 5.66. The van der Waals surface area contributed by atoms with Gasteiger partial charge in [0.05, 0.1) is 5.02 Å². The first-order valence-electron chi connectivity index (χ1n) is 4.83. The lowest BCUT2D eigenvalue weighted by Gasteiger charge is -2.11. The molecule has 1 atom stereocenters. The summed E-state index contributed by atoms with van der Waals surface area (Å²) in [5.74, 6) is -0.333. The zero-order valence-corrected chi connectivity index (χ0v) is 9.02. The Morgan fingerprint density at radius 3 is 2.86 bits per heavy atom. The number of hydrogen-bond donors (Lipinski definition) is 1. The third-order valence-corrected chi connectivity index (χ3v) is 2.47. The average molecular weight is 216 g/mol. The molecule has 0 aliphatic carbocycles. The van der Waals surface area contributed by atoms with Crippen molar-refractivity contribution in [2.24, 2.45) is 5.73 Å². The molecular formula is C11H15ClFN. The minimum absolute atomic E-state index is 0.0213. The third kappa shape index (κ3) is 2.96. The number of benzene rings is 1. The lowest BCUT2D eigenvalue weighted by molar-refractivity contribution is 0.562. The highest BCUT2D eigenvalue weighted by Crippen LogP contribution is 2.19. The first kappa shape index (κ1) is 11.5. The zero-order valence-electron chi connectivity index (χ0n) is 8.26. The minimum Gasteiger partial charge on any atom is -0.327 e. The van der Waals surface area contributed by atoms with Crippen molar-refractivity contribution in [2.75, 3.05) is 0 Å². The Morgan fingerprint density at radius 2 is 2.21 bits per heavy atom. The van der Waals surface area contributed by atoms with Gasteiger partial charge in [0, 0.05) is 6.04 Å². The van der Waals surface area contributed by atoms with E-state index in [2.05, 4.69) is 6.92 Å². The Morgan fingerprint density at radius 1 is 1.50 bits per heavy atom. The smallest absolute Gasteiger partial charge is 0.145 e. The Kier molecular flexibility index (Phi) is 4.36. The van der Waals surface area contributed by atoms with Crippen molar-refractivity contribution in [3.05, 3.63) is 34.6 Å². The van der Waals surface area contributed by atoms with Crippen LogP contribution in [0.25, 0.3) is 0 Å². The van der Waals surface area contributed by atoms with Crippen molar-refractivity contribution in [1.82, 2.24) is 0 Å². The molecule has 0 spiro atoms. The van der Waals surface area contributed by atoms with Crippen molar-refractivity contribution >= 4 is 11.6 Å². The number of hydrogen-bond acceptors (Lipinski definition) is 1. The molecule has 0 aromatic heterocycles. The van der Waals surface area contributed by atoms with Gasteiger partial charge >= 0.3 is 0 Å². The Balaban J connectivity index is 2.71. The van der Waals surface area contributed by atoms with Crippen LogP contribution < -0.4 is 5.73 Å². The molecule has 1 aromatic rings. The molecule has 0 radical (unpaired) electrons. The van der Waals surface area contributed by atoms with Crippen molar-refractivity contribution in [3.8, 4) is 0 Å². The summed E-state index contributed by atoms with van der Waals surface area (Å²) in [4.78, 5) is 0. The highest BCUT2D eigenvalue weighted by molar-refractivity contribution is 6.30.